The molecule has 0 amide bonds. The normalized spacial score (nSPS) is 11.9. The van der Waals surface area contributed by atoms with Crippen molar-refractivity contribution in [2.75, 3.05) is 17.0 Å². The van der Waals surface area contributed by atoms with Crippen LogP contribution in [-0.4, -0.2) is 30.7 Å². The van der Waals surface area contributed by atoms with E-state index in [4.69, 9.17) is 5.73 Å². The number of imidazole rings is 1. The Labute approximate surface area is 106 Å². The number of aromatic amines is 1. The standard InChI is InChI=1S/C11H16N4O2S/c1-2-11-13-9-4-3-8(7-10(9)14-11)15-18(16,17)6-5-12/h3-4,7,15H,2,5-6,12H2,1H3,(H,13,14). The minimum Gasteiger partial charge on any atom is -0.342 e. The van der Waals surface area contributed by atoms with E-state index in [1.54, 1.807) is 18.2 Å². The van der Waals surface area contributed by atoms with Gasteiger partial charge >= 0.3 is 0 Å². The van der Waals surface area contributed by atoms with Crippen molar-refractivity contribution in [3.05, 3.63) is 24.0 Å². The van der Waals surface area contributed by atoms with Crippen LogP contribution in [-0.2, 0) is 16.4 Å². The summed E-state index contributed by atoms with van der Waals surface area (Å²) in [5.74, 6) is 0.792. The Hall–Kier alpha value is -1.60. The number of hydrogen-bond donors (Lipinski definition) is 3. The lowest BCUT2D eigenvalue weighted by Gasteiger charge is -2.06. The van der Waals surface area contributed by atoms with Crippen LogP contribution in [0.5, 0.6) is 0 Å². The Balaban J connectivity index is 2.30. The average Bonchev–Trinajstić information content (AvgIpc) is 2.70. The van der Waals surface area contributed by atoms with Crippen LogP contribution in [0.15, 0.2) is 18.2 Å². The fourth-order valence-corrected chi connectivity index (χ4v) is 2.58. The number of aryl methyl sites for hydroxylation is 1. The molecule has 1 aromatic heterocycles. The summed E-state index contributed by atoms with van der Waals surface area (Å²) in [4.78, 5) is 7.49. The number of nitrogens with two attached hydrogens (primary N) is 1. The van der Waals surface area contributed by atoms with Crippen LogP contribution < -0.4 is 10.5 Å². The molecule has 0 aliphatic heterocycles. The van der Waals surface area contributed by atoms with Crippen LogP contribution in [0.2, 0.25) is 0 Å². The number of anilines is 1. The lowest BCUT2D eigenvalue weighted by atomic mass is 10.3. The third-order valence-corrected chi connectivity index (χ3v) is 3.85. The Morgan fingerprint density at radius 1 is 1.44 bits per heavy atom. The second-order valence-electron chi connectivity index (χ2n) is 3.98. The maximum absolute atomic E-state index is 11.6. The highest BCUT2D eigenvalue weighted by Crippen LogP contribution is 2.18. The first kappa shape index (κ1) is 12.8. The van der Waals surface area contributed by atoms with Gasteiger partial charge in [0.1, 0.15) is 5.82 Å². The van der Waals surface area contributed by atoms with Gasteiger partial charge in [0.25, 0.3) is 0 Å². The van der Waals surface area contributed by atoms with Crippen molar-refractivity contribution in [2.24, 2.45) is 5.73 Å². The SMILES string of the molecule is CCc1nc2ccc(NS(=O)(=O)CCN)cc2[nH]1. The van der Waals surface area contributed by atoms with E-state index >= 15 is 0 Å². The summed E-state index contributed by atoms with van der Waals surface area (Å²) in [6.45, 7) is 2.10. The molecule has 0 saturated heterocycles. The van der Waals surface area contributed by atoms with E-state index in [-0.39, 0.29) is 12.3 Å². The van der Waals surface area contributed by atoms with Crippen LogP contribution in [0.25, 0.3) is 11.0 Å². The first-order valence-electron chi connectivity index (χ1n) is 5.73. The molecule has 6 nitrogen and oxygen atoms in total. The molecule has 0 aliphatic carbocycles. The molecular weight excluding hydrogens is 252 g/mol. The summed E-state index contributed by atoms with van der Waals surface area (Å²) in [6, 6.07) is 5.21. The highest BCUT2D eigenvalue weighted by Gasteiger charge is 2.10. The monoisotopic (exact) mass is 268 g/mol. The van der Waals surface area contributed by atoms with Gasteiger partial charge in [-0.15, -0.1) is 0 Å². The molecule has 0 aliphatic rings. The lowest BCUT2D eigenvalue weighted by Crippen LogP contribution is -2.22. The predicted molar refractivity (Wildman–Crippen MR) is 71.9 cm³/mol. The van der Waals surface area contributed by atoms with Crippen molar-refractivity contribution in [3.63, 3.8) is 0 Å². The summed E-state index contributed by atoms with van der Waals surface area (Å²) >= 11 is 0. The lowest BCUT2D eigenvalue weighted by molar-refractivity contribution is 0.601. The second kappa shape index (κ2) is 4.95. The number of nitrogens with one attached hydrogen (secondary N) is 2. The Morgan fingerprint density at radius 3 is 2.89 bits per heavy atom. The third kappa shape index (κ3) is 2.80. The molecule has 1 heterocycles. The molecule has 2 rings (SSSR count). The van der Waals surface area contributed by atoms with Crippen LogP contribution in [0.3, 0.4) is 0 Å². The molecule has 0 saturated carbocycles. The number of fused-ring (bicyclic) bond motifs is 1. The van der Waals surface area contributed by atoms with E-state index in [9.17, 15) is 8.42 Å². The summed E-state index contributed by atoms with van der Waals surface area (Å²) in [5.41, 5.74) is 7.41. The molecular formula is C11H16N4O2S. The largest absolute Gasteiger partial charge is 0.342 e. The van der Waals surface area contributed by atoms with E-state index in [1.807, 2.05) is 6.92 Å². The number of aromatic nitrogens is 2. The Kier molecular flexibility index (Phi) is 3.53. The van der Waals surface area contributed by atoms with Gasteiger partial charge in [0.15, 0.2) is 0 Å². The van der Waals surface area contributed by atoms with Gasteiger partial charge in [0.2, 0.25) is 10.0 Å². The zero-order valence-corrected chi connectivity index (χ0v) is 10.9. The molecule has 2 aromatic rings. The van der Waals surface area contributed by atoms with Gasteiger partial charge in [-0.1, -0.05) is 6.92 Å². The van der Waals surface area contributed by atoms with Crippen LogP contribution >= 0.6 is 0 Å². The number of H-pyrrole nitrogens is 1. The van der Waals surface area contributed by atoms with E-state index in [1.165, 1.54) is 0 Å². The van der Waals surface area contributed by atoms with Crippen LogP contribution in [0, 0.1) is 0 Å². The van der Waals surface area contributed by atoms with Gasteiger partial charge in [0.05, 0.1) is 22.5 Å². The van der Waals surface area contributed by atoms with E-state index in [2.05, 4.69) is 14.7 Å². The summed E-state index contributed by atoms with van der Waals surface area (Å²) in [7, 11) is -3.36. The highest BCUT2D eigenvalue weighted by molar-refractivity contribution is 7.92. The van der Waals surface area contributed by atoms with Crippen molar-refractivity contribution in [2.45, 2.75) is 13.3 Å². The molecule has 18 heavy (non-hydrogen) atoms. The Bertz CT molecular complexity index is 648. The smallest absolute Gasteiger partial charge is 0.233 e. The molecule has 0 fully saturated rings. The quantitative estimate of drug-likeness (QED) is 0.747. The van der Waals surface area contributed by atoms with Crippen molar-refractivity contribution >= 4 is 26.7 Å². The van der Waals surface area contributed by atoms with Gasteiger partial charge in [0, 0.05) is 13.0 Å². The van der Waals surface area contributed by atoms with Gasteiger partial charge < -0.3 is 10.7 Å². The van der Waals surface area contributed by atoms with E-state index in [0.717, 1.165) is 23.3 Å². The molecule has 4 N–H and O–H groups in total. The fourth-order valence-electron chi connectivity index (χ4n) is 1.68. The predicted octanol–water partition coefficient (Wildman–Crippen LogP) is 0.826. The molecule has 0 radical (unpaired) electrons. The van der Waals surface area contributed by atoms with Gasteiger partial charge in [-0.05, 0) is 18.2 Å². The number of hydrogen-bond acceptors (Lipinski definition) is 4. The van der Waals surface area contributed by atoms with Crippen LogP contribution in [0.4, 0.5) is 5.69 Å². The number of sulfonamides is 1. The van der Waals surface area contributed by atoms with Crippen LogP contribution in [0.1, 0.15) is 12.7 Å². The maximum atomic E-state index is 11.6. The Morgan fingerprint density at radius 2 is 2.22 bits per heavy atom. The van der Waals surface area contributed by atoms with E-state index in [0.29, 0.717) is 5.69 Å². The van der Waals surface area contributed by atoms with Gasteiger partial charge in [-0.2, -0.15) is 0 Å². The summed E-state index contributed by atoms with van der Waals surface area (Å²) < 4.78 is 25.6. The number of nitrogens with zero attached hydrogens (tertiary/aromatic N) is 1. The minimum absolute atomic E-state index is 0.0891. The van der Waals surface area contributed by atoms with Gasteiger partial charge in [-0.25, -0.2) is 13.4 Å². The topological polar surface area (TPSA) is 101 Å². The van der Waals surface area contributed by atoms with E-state index < -0.39 is 10.0 Å². The molecule has 0 spiro atoms. The molecule has 0 bridgehead atoms. The van der Waals surface area contributed by atoms with Gasteiger partial charge in [-0.3, -0.25) is 4.72 Å². The summed E-state index contributed by atoms with van der Waals surface area (Å²) in [6.07, 6.45) is 0.808. The van der Waals surface area contributed by atoms with Crippen molar-refractivity contribution in [1.82, 2.24) is 9.97 Å². The molecule has 7 heteroatoms. The van der Waals surface area contributed by atoms with Crippen molar-refractivity contribution < 1.29 is 8.42 Å². The number of rotatable bonds is 5. The van der Waals surface area contributed by atoms with Crippen molar-refractivity contribution in [1.29, 1.82) is 0 Å². The van der Waals surface area contributed by atoms with Crippen molar-refractivity contribution in [3.8, 4) is 0 Å². The second-order valence-corrected chi connectivity index (χ2v) is 5.82. The first-order chi connectivity index (χ1) is 8.54. The molecule has 1 aromatic carbocycles. The first-order valence-corrected chi connectivity index (χ1v) is 7.38. The minimum atomic E-state index is -3.36. The summed E-state index contributed by atoms with van der Waals surface area (Å²) in [5, 5.41) is 0. The molecule has 0 unspecified atom stereocenters. The zero-order valence-electron chi connectivity index (χ0n) is 10.1. The fraction of sp³-hybridized carbons (Fsp3) is 0.364. The molecule has 0 atom stereocenters. The zero-order chi connectivity index (χ0) is 13.2. The number of benzene rings is 1. The maximum Gasteiger partial charge on any atom is 0.233 e. The highest BCUT2D eigenvalue weighted by atomic mass is 32.2. The molecule has 98 valence electrons. The average molecular weight is 268 g/mol. The third-order valence-electron chi connectivity index (χ3n) is 2.53.